The number of hydrogen-bond donors (Lipinski definition) is 1. The summed E-state index contributed by atoms with van der Waals surface area (Å²) < 4.78 is 35.1. The number of fused-ring (bicyclic) bond motifs is 2. The van der Waals surface area contributed by atoms with Crippen LogP contribution in [0.25, 0.3) is 11.0 Å². The molecule has 0 saturated heterocycles. The van der Waals surface area contributed by atoms with Gasteiger partial charge in [0.25, 0.3) is 5.88 Å². The molecule has 0 spiro atoms. The molecular weight excluding hydrogens is 416 g/mol. The molecule has 0 fully saturated rings. The molecular formula is C19H24ClF2N7O. The molecule has 0 atom stereocenters. The third-order valence-electron chi connectivity index (χ3n) is 5.24. The van der Waals surface area contributed by atoms with E-state index in [9.17, 15) is 8.78 Å². The van der Waals surface area contributed by atoms with E-state index in [2.05, 4.69) is 25.5 Å². The van der Waals surface area contributed by atoms with Gasteiger partial charge in [0.1, 0.15) is 5.69 Å². The summed E-state index contributed by atoms with van der Waals surface area (Å²) in [4.78, 5) is 8.92. The predicted octanol–water partition coefficient (Wildman–Crippen LogP) is 4.55. The smallest absolute Gasteiger partial charge is 0.257 e. The van der Waals surface area contributed by atoms with Gasteiger partial charge in [-0.3, -0.25) is 13.5 Å². The van der Waals surface area contributed by atoms with Crippen LogP contribution >= 0.6 is 11.6 Å². The molecule has 8 nitrogen and oxygen atoms in total. The van der Waals surface area contributed by atoms with E-state index in [1.807, 2.05) is 11.6 Å². The second-order valence-electron chi connectivity index (χ2n) is 7.30. The zero-order chi connectivity index (χ0) is 21.1. The van der Waals surface area contributed by atoms with E-state index < -0.39 is 13.3 Å². The molecule has 3 aromatic rings. The summed E-state index contributed by atoms with van der Waals surface area (Å²) in [6.45, 7) is 2.09. The van der Waals surface area contributed by atoms with Crippen molar-refractivity contribution in [1.82, 2.24) is 29.5 Å². The Morgan fingerprint density at radius 1 is 1.23 bits per heavy atom. The quantitative estimate of drug-likeness (QED) is 0.581. The highest BCUT2D eigenvalue weighted by molar-refractivity contribution is 6.34. The Morgan fingerprint density at radius 3 is 2.73 bits per heavy atom. The summed E-state index contributed by atoms with van der Waals surface area (Å²) in [7, 11) is 0. The zero-order valence-corrected chi connectivity index (χ0v) is 17.5. The van der Waals surface area contributed by atoms with Gasteiger partial charge in [-0.15, -0.1) is 5.10 Å². The Kier molecular flexibility index (Phi) is 6.31. The normalized spacial score (nSPS) is 13.9. The van der Waals surface area contributed by atoms with Gasteiger partial charge in [0, 0.05) is 19.2 Å². The van der Waals surface area contributed by atoms with Gasteiger partial charge in [0.2, 0.25) is 5.95 Å². The number of rotatable bonds is 7. The van der Waals surface area contributed by atoms with Crippen LogP contribution in [0, 0.1) is 6.92 Å². The number of ether oxygens (including phenoxy) is 1. The first-order chi connectivity index (χ1) is 14.6. The SMILES string of the molecule is Cc1c2c(nn1C(CCCF)CCCF)OCCCn1nc(Cl)c3cnc(nc31)N2. The van der Waals surface area contributed by atoms with Crippen LogP contribution in [-0.2, 0) is 6.54 Å². The number of aromatic nitrogens is 6. The Balaban J connectivity index is 1.72. The number of nitrogens with one attached hydrogen (secondary N) is 1. The number of halogens is 3. The third kappa shape index (κ3) is 4.05. The maximum absolute atomic E-state index is 12.8. The molecule has 0 aromatic carbocycles. The molecule has 0 aliphatic carbocycles. The first-order valence-electron chi connectivity index (χ1n) is 10.1. The molecule has 2 bridgehead atoms. The van der Waals surface area contributed by atoms with Crippen molar-refractivity contribution >= 4 is 34.3 Å². The molecule has 0 radical (unpaired) electrons. The maximum atomic E-state index is 12.8. The fourth-order valence-corrected chi connectivity index (χ4v) is 3.97. The molecule has 11 heteroatoms. The van der Waals surface area contributed by atoms with Crippen molar-refractivity contribution in [1.29, 1.82) is 0 Å². The van der Waals surface area contributed by atoms with Crippen molar-refractivity contribution in [3.8, 4) is 5.88 Å². The van der Waals surface area contributed by atoms with Gasteiger partial charge in [0.15, 0.2) is 10.8 Å². The number of alkyl halides is 2. The molecule has 30 heavy (non-hydrogen) atoms. The van der Waals surface area contributed by atoms with Crippen molar-refractivity contribution < 1.29 is 13.5 Å². The molecule has 4 rings (SSSR count). The van der Waals surface area contributed by atoms with Crippen LogP contribution in [0.15, 0.2) is 6.20 Å². The van der Waals surface area contributed by atoms with Crippen LogP contribution in [0.5, 0.6) is 5.88 Å². The minimum Gasteiger partial charge on any atom is -0.475 e. The topological polar surface area (TPSA) is 82.7 Å². The van der Waals surface area contributed by atoms with Crippen molar-refractivity contribution in [3.63, 3.8) is 0 Å². The standard InChI is InChI=1S/C19H24ClF2N7O/c1-12-15-18(27-29(12)13(5-2-7-21)6-3-8-22)30-10-4-9-28-17-14(16(20)26-28)11-23-19(24-15)25-17/h11,13H,2-10H2,1H3,(H,23,24,25). The number of hydrogen-bond acceptors (Lipinski definition) is 6. The van der Waals surface area contributed by atoms with Gasteiger partial charge in [-0.05, 0) is 32.6 Å². The van der Waals surface area contributed by atoms with Crippen molar-refractivity contribution in [2.45, 2.75) is 51.6 Å². The van der Waals surface area contributed by atoms with Gasteiger partial charge in [0.05, 0.1) is 37.1 Å². The van der Waals surface area contributed by atoms with Crippen LogP contribution in [-0.4, -0.2) is 49.5 Å². The molecule has 0 amide bonds. The zero-order valence-electron chi connectivity index (χ0n) is 16.7. The molecule has 4 heterocycles. The minimum absolute atomic E-state index is 0.106. The second-order valence-corrected chi connectivity index (χ2v) is 7.66. The summed E-state index contributed by atoms with van der Waals surface area (Å²) in [6, 6.07) is -0.106. The van der Waals surface area contributed by atoms with Gasteiger partial charge in [-0.25, -0.2) is 9.67 Å². The average molecular weight is 440 g/mol. The predicted molar refractivity (Wildman–Crippen MR) is 110 cm³/mol. The molecule has 3 aromatic heterocycles. The second kappa shape index (κ2) is 9.11. The molecule has 0 saturated carbocycles. The van der Waals surface area contributed by atoms with E-state index in [-0.39, 0.29) is 6.04 Å². The largest absolute Gasteiger partial charge is 0.475 e. The highest BCUT2D eigenvalue weighted by Gasteiger charge is 2.23. The van der Waals surface area contributed by atoms with Gasteiger partial charge < -0.3 is 10.1 Å². The summed E-state index contributed by atoms with van der Waals surface area (Å²) >= 11 is 6.20. The Morgan fingerprint density at radius 2 is 2.00 bits per heavy atom. The van der Waals surface area contributed by atoms with Crippen molar-refractivity contribution in [2.75, 3.05) is 25.3 Å². The summed E-state index contributed by atoms with van der Waals surface area (Å²) in [5, 5.41) is 13.2. The number of anilines is 2. The van der Waals surface area contributed by atoms with Crippen LogP contribution in [0.1, 0.15) is 43.8 Å². The monoisotopic (exact) mass is 439 g/mol. The Bertz CT molecular complexity index is 1010. The highest BCUT2D eigenvalue weighted by Crippen LogP contribution is 2.35. The minimum atomic E-state index is -0.412. The first-order valence-corrected chi connectivity index (χ1v) is 10.5. The van der Waals surface area contributed by atoms with Crippen molar-refractivity contribution in [3.05, 3.63) is 17.0 Å². The van der Waals surface area contributed by atoms with Gasteiger partial charge in [-0.2, -0.15) is 10.1 Å². The lowest BCUT2D eigenvalue weighted by Crippen LogP contribution is -2.14. The highest BCUT2D eigenvalue weighted by atomic mass is 35.5. The molecule has 1 aliphatic rings. The summed E-state index contributed by atoms with van der Waals surface area (Å²) in [5.41, 5.74) is 2.11. The molecule has 1 N–H and O–H groups in total. The first kappa shape index (κ1) is 20.8. The van der Waals surface area contributed by atoms with Crippen LogP contribution in [0.3, 0.4) is 0 Å². The molecule has 1 aliphatic heterocycles. The van der Waals surface area contributed by atoms with Gasteiger partial charge >= 0.3 is 0 Å². The molecule has 162 valence electrons. The summed E-state index contributed by atoms with van der Waals surface area (Å²) in [6.07, 6.45) is 4.29. The summed E-state index contributed by atoms with van der Waals surface area (Å²) in [5.74, 6) is 0.804. The van der Waals surface area contributed by atoms with E-state index in [0.717, 1.165) is 5.69 Å². The third-order valence-corrected chi connectivity index (χ3v) is 5.52. The fourth-order valence-electron chi connectivity index (χ4n) is 3.74. The Labute approximate surface area is 177 Å². The van der Waals surface area contributed by atoms with Crippen LogP contribution in [0.2, 0.25) is 5.15 Å². The van der Waals surface area contributed by atoms with E-state index in [0.29, 0.717) is 79.0 Å². The van der Waals surface area contributed by atoms with E-state index in [4.69, 9.17) is 16.3 Å². The van der Waals surface area contributed by atoms with Crippen molar-refractivity contribution in [2.24, 2.45) is 0 Å². The molecule has 0 unspecified atom stereocenters. The Hall–Kier alpha value is -2.49. The van der Waals surface area contributed by atoms with Gasteiger partial charge in [-0.1, -0.05) is 11.6 Å². The van der Waals surface area contributed by atoms with Crippen LogP contribution in [0.4, 0.5) is 20.4 Å². The number of aryl methyl sites for hydroxylation is 1. The van der Waals surface area contributed by atoms with E-state index >= 15 is 0 Å². The fraction of sp³-hybridized carbons (Fsp3) is 0.579. The lowest BCUT2D eigenvalue weighted by molar-refractivity contribution is 0.276. The lowest BCUT2D eigenvalue weighted by atomic mass is 10.1. The maximum Gasteiger partial charge on any atom is 0.257 e. The van der Waals surface area contributed by atoms with E-state index in [1.165, 1.54) is 0 Å². The van der Waals surface area contributed by atoms with E-state index in [1.54, 1.807) is 10.9 Å². The van der Waals surface area contributed by atoms with Crippen LogP contribution < -0.4 is 10.1 Å². The number of nitrogens with zero attached hydrogens (tertiary/aromatic N) is 6. The average Bonchev–Trinajstić information content (AvgIpc) is 3.22. The lowest BCUT2D eigenvalue weighted by Gasteiger charge is -2.18.